The molecule has 2 aliphatic heterocycles. The average molecular weight is 259 g/mol. The molecule has 4 heteroatoms. The van der Waals surface area contributed by atoms with Crippen LogP contribution in [0.1, 0.15) is 32.6 Å². The van der Waals surface area contributed by atoms with Gasteiger partial charge >= 0.3 is 0 Å². The van der Waals surface area contributed by atoms with E-state index in [1.54, 1.807) is 7.11 Å². The molecule has 1 N–H and O–H groups in total. The number of methoxy groups -OCH3 is 1. The van der Waals surface area contributed by atoms with E-state index in [1.807, 2.05) is 11.8 Å². The second kappa shape index (κ2) is 6.41. The summed E-state index contributed by atoms with van der Waals surface area (Å²) in [6, 6.07) is 1.18. The fourth-order valence-electron chi connectivity index (χ4n) is 2.81. The first-order valence-corrected chi connectivity index (χ1v) is 7.86. The van der Waals surface area contributed by atoms with Crippen LogP contribution in [0.2, 0.25) is 0 Å². The number of hydrogen-bond acceptors (Lipinski definition) is 4. The van der Waals surface area contributed by atoms with E-state index in [0.29, 0.717) is 12.1 Å². The Labute approximate surface area is 109 Å². The highest BCUT2D eigenvalue weighted by atomic mass is 32.2. The number of ether oxygens (including phenoxy) is 2. The molecule has 100 valence electrons. The van der Waals surface area contributed by atoms with Gasteiger partial charge in [-0.1, -0.05) is 0 Å². The highest BCUT2D eigenvalue weighted by molar-refractivity contribution is 7.99. The van der Waals surface area contributed by atoms with Gasteiger partial charge in [-0.25, -0.2) is 0 Å². The molecule has 2 saturated heterocycles. The molecule has 0 saturated carbocycles. The summed E-state index contributed by atoms with van der Waals surface area (Å²) in [5.74, 6) is 2.46. The zero-order valence-corrected chi connectivity index (χ0v) is 11.9. The van der Waals surface area contributed by atoms with Gasteiger partial charge in [-0.2, -0.15) is 11.8 Å². The summed E-state index contributed by atoms with van der Waals surface area (Å²) >= 11 is 2.04. The molecule has 2 aliphatic rings. The Kier molecular flexibility index (Phi) is 5.15. The lowest BCUT2D eigenvalue weighted by molar-refractivity contribution is -0.0713. The Morgan fingerprint density at radius 2 is 2.47 bits per heavy atom. The molecular weight excluding hydrogens is 234 g/mol. The summed E-state index contributed by atoms with van der Waals surface area (Å²) in [7, 11) is 1.77. The van der Waals surface area contributed by atoms with E-state index in [1.165, 1.54) is 24.3 Å². The lowest BCUT2D eigenvalue weighted by Crippen LogP contribution is -2.49. The summed E-state index contributed by atoms with van der Waals surface area (Å²) in [5, 5.41) is 3.74. The lowest BCUT2D eigenvalue weighted by atomic mass is 9.89. The van der Waals surface area contributed by atoms with Gasteiger partial charge in [-0.05, 0) is 38.4 Å². The average Bonchev–Trinajstić information content (AvgIpc) is 2.74. The van der Waals surface area contributed by atoms with Crippen molar-refractivity contribution in [3.63, 3.8) is 0 Å². The second-order valence-electron chi connectivity index (χ2n) is 5.37. The van der Waals surface area contributed by atoms with Gasteiger partial charge in [0.05, 0.1) is 5.60 Å². The normalized spacial score (nSPS) is 35.3. The first kappa shape index (κ1) is 13.7. The number of thioether (sulfide) groups is 1. The van der Waals surface area contributed by atoms with Crippen molar-refractivity contribution in [2.75, 3.05) is 31.8 Å². The van der Waals surface area contributed by atoms with Crippen LogP contribution in [0.3, 0.4) is 0 Å². The molecule has 2 heterocycles. The zero-order chi connectivity index (χ0) is 12.1. The summed E-state index contributed by atoms with van der Waals surface area (Å²) < 4.78 is 11.2. The van der Waals surface area contributed by atoms with Crippen LogP contribution in [0.15, 0.2) is 0 Å². The van der Waals surface area contributed by atoms with Crippen molar-refractivity contribution in [1.82, 2.24) is 5.32 Å². The van der Waals surface area contributed by atoms with Crippen LogP contribution in [0, 0.1) is 0 Å². The minimum Gasteiger partial charge on any atom is -0.385 e. The molecule has 3 unspecified atom stereocenters. The van der Waals surface area contributed by atoms with Gasteiger partial charge in [-0.3, -0.25) is 0 Å². The quantitative estimate of drug-likeness (QED) is 0.818. The van der Waals surface area contributed by atoms with Crippen LogP contribution in [0.4, 0.5) is 0 Å². The maximum atomic E-state index is 6.03. The third-order valence-electron chi connectivity index (χ3n) is 3.84. The summed E-state index contributed by atoms with van der Waals surface area (Å²) in [6.45, 7) is 4.03. The fraction of sp³-hybridized carbons (Fsp3) is 1.00. The Morgan fingerprint density at radius 1 is 1.59 bits per heavy atom. The molecular formula is C13H25NO2S. The van der Waals surface area contributed by atoms with Gasteiger partial charge in [0.15, 0.2) is 0 Å². The Balaban J connectivity index is 1.77. The predicted octanol–water partition coefficient (Wildman–Crippen LogP) is 2.06. The standard InChI is InChI=1S/C13H25NO2S/c1-11(3-6-15-2)14-12-4-7-16-13(9-12)5-8-17-10-13/h11-12,14H,3-10H2,1-2H3. The molecule has 0 radical (unpaired) electrons. The highest BCUT2D eigenvalue weighted by Crippen LogP contribution is 2.38. The summed E-state index contributed by atoms with van der Waals surface area (Å²) in [4.78, 5) is 0. The van der Waals surface area contributed by atoms with Gasteiger partial charge in [-0.15, -0.1) is 0 Å². The number of rotatable bonds is 5. The monoisotopic (exact) mass is 259 g/mol. The molecule has 0 bridgehead atoms. The molecule has 0 aliphatic carbocycles. The molecule has 0 aromatic rings. The number of hydrogen-bond donors (Lipinski definition) is 1. The van der Waals surface area contributed by atoms with Crippen LogP contribution in [0.5, 0.6) is 0 Å². The van der Waals surface area contributed by atoms with E-state index in [4.69, 9.17) is 9.47 Å². The highest BCUT2D eigenvalue weighted by Gasteiger charge is 2.40. The molecule has 2 rings (SSSR count). The molecule has 0 amide bonds. The Morgan fingerprint density at radius 3 is 3.18 bits per heavy atom. The van der Waals surface area contributed by atoms with Crippen molar-refractivity contribution < 1.29 is 9.47 Å². The van der Waals surface area contributed by atoms with E-state index < -0.39 is 0 Å². The number of nitrogens with one attached hydrogen (secondary N) is 1. The summed E-state index contributed by atoms with van der Waals surface area (Å²) in [5.41, 5.74) is 0.196. The van der Waals surface area contributed by atoms with E-state index in [2.05, 4.69) is 12.2 Å². The van der Waals surface area contributed by atoms with Crippen LogP contribution >= 0.6 is 11.8 Å². The summed E-state index contributed by atoms with van der Waals surface area (Å²) in [6.07, 6.45) is 4.68. The third-order valence-corrected chi connectivity index (χ3v) is 5.06. The van der Waals surface area contributed by atoms with Crippen molar-refractivity contribution in [2.45, 2.75) is 50.3 Å². The van der Waals surface area contributed by atoms with Crippen molar-refractivity contribution in [1.29, 1.82) is 0 Å². The van der Waals surface area contributed by atoms with Crippen LogP contribution in [-0.4, -0.2) is 49.5 Å². The largest absolute Gasteiger partial charge is 0.385 e. The van der Waals surface area contributed by atoms with Crippen molar-refractivity contribution in [3.05, 3.63) is 0 Å². The predicted molar refractivity (Wildman–Crippen MR) is 72.7 cm³/mol. The van der Waals surface area contributed by atoms with Gasteiger partial charge in [0.25, 0.3) is 0 Å². The lowest BCUT2D eigenvalue weighted by Gasteiger charge is -2.39. The maximum absolute atomic E-state index is 6.03. The second-order valence-corrected chi connectivity index (χ2v) is 6.48. The molecule has 3 nitrogen and oxygen atoms in total. The van der Waals surface area contributed by atoms with Gasteiger partial charge in [0.1, 0.15) is 0 Å². The topological polar surface area (TPSA) is 30.5 Å². The molecule has 0 aromatic heterocycles. The fourth-order valence-corrected chi connectivity index (χ4v) is 4.19. The van der Waals surface area contributed by atoms with Gasteiger partial charge in [0.2, 0.25) is 0 Å². The molecule has 0 aromatic carbocycles. The van der Waals surface area contributed by atoms with Crippen LogP contribution < -0.4 is 5.32 Å². The van der Waals surface area contributed by atoms with Crippen molar-refractivity contribution in [2.24, 2.45) is 0 Å². The zero-order valence-electron chi connectivity index (χ0n) is 11.0. The van der Waals surface area contributed by atoms with Gasteiger partial charge < -0.3 is 14.8 Å². The molecule has 1 spiro atoms. The van der Waals surface area contributed by atoms with E-state index in [-0.39, 0.29) is 5.60 Å². The first-order chi connectivity index (χ1) is 8.24. The van der Waals surface area contributed by atoms with Crippen LogP contribution in [0.25, 0.3) is 0 Å². The van der Waals surface area contributed by atoms with Gasteiger partial charge in [0, 0.05) is 38.2 Å². The van der Waals surface area contributed by atoms with E-state index in [0.717, 1.165) is 26.1 Å². The molecule has 2 fully saturated rings. The smallest absolute Gasteiger partial charge is 0.0795 e. The maximum Gasteiger partial charge on any atom is 0.0795 e. The molecule has 17 heavy (non-hydrogen) atoms. The minimum atomic E-state index is 0.196. The van der Waals surface area contributed by atoms with Crippen molar-refractivity contribution in [3.8, 4) is 0 Å². The SMILES string of the molecule is COCCC(C)NC1CCOC2(CCSC2)C1. The van der Waals surface area contributed by atoms with E-state index in [9.17, 15) is 0 Å². The van der Waals surface area contributed by atoms with Crippen molar-refractivity contribution >= 4 is 11.8 Å². The Hall–Kier alpha value is 0.230. The molecule has 3 atom stereocenters. The first-order valence-electron chi connectivity index (χ1n) is 6.71. The van der Waals surface area contributed by atoms with Crippen LogP contribution in [-0.2, 0) is 9.47 Å². The van der Waals surface area contributed by atoms with E-state index >= 15 is 0 Å². The Bertz CT molecular complexity index is 231. The minimum absolute atomic E-state index is 0.196. The third kappa shape index (κ3) is 3.85.